The van der Waals surface area contributed by atoms with Crippen molar-refractivity contribution >= 4 is 212 Å². The van der Waals surface area contributed by atoms with Gasteiger partial charge in [0.1, 0.15) is 74.7 Å². The van der Waals surface area contributed by atoms with E-state index in [9.17, 15) is 28.8 Å². The molecule has 32 nitrogen and oxygen atoms in total. The summed E-state index contributed by atoms with van der Waals surface area (Å²) in [7, 11) is 15.4. The number of para-hydroxylation sites is 5. The molecule has 0 aliphatic rings. The summed E-state index contributed by atoms with van der Waals surface area (Å²) in [6.07, 6.45) is 12.1. The maximum Gasteiger partial charge on any atom is 0.259 e. The van der Waals surface area contributed by atoms with E-state index in [-0.39, 0.29) is 73.9 Å². The second kappa shape index (κ2) is 48.8. The van der Waals surface area contributed by atoms with Gasteiger partial charge >= 0.3 is 0 Å². The number of pyridine rings is 3. The summed E-state index contributed by atoms with van der Waals surface area (Å²) in [5, 5.41) is 28.6. The minimum atomic E-state index is -0.383. The average Bonchev–Trinajstić information content (AvgIpc) is 0.751. The Labute approximate surface area is 882 Å². The van der Waals surface area contributed by atoms with E-state index in [1.54, 1.807) is 113 Å². The minimum absolute atomic E-state index is 0.106. The molecule has 16 rings (SSSR count). The number of carbonyl (C=O) groups is 5. The molecule has 0 spiro atoms. The maximum atomic E-state index is 13.4. The molecule has 0 saturated heterocycles. The Morgan fingerprint density at radius 2 is 0.743 bits per heavy atom. The Morgan fingerprint density at radius 1 is 0.365 bits per heavy atom. The van der Waals surface area contributed by atoms with Crippen molar-refractivity contribution in [3.8, 4) is 96.3 Å². The second-order valence-electron chi connectivity index (χ2n) is 33.7. The van der Waals surface area contributed by atoms with Crippen LogP contribution in [0, 0.1) is 19.3 Å². The van der Waals surface area contributed by atoms with Crippen molar-refractivity contribution in [3.63, 3.8) is 0 Å². The van der Waals surface area contributed by atoms with Crippen LogP contribution in [0.3, 0.4) is 0 Å². The normalized spacial score (nSPS) is 10.8. The lowest BCUT2D eigenvalue weighted by Gasteiger charge is -2.18. The predicted molar refractivity (Wildman–Crippen MR) is 591 cm³/mol. The smallest absolute Gasteiger partial charge is 0.259 e. The van der Waals surface area contributed by atoms with E-state index in [1.807, 2.05) is 138 Å². The molecule has 8 N–H and O–H groups in total. The van der Waals surface area contributed by atoms with E-state index in [0.717, 1.165) is 49.5 Å². The molecule has 0 radical (unpaired) electrons. The van der Waals surface area contributed by atoms with Gasteiger partial charge in [0.15, 0.2) is 0 Å². The number of halogens is 6. The molecule has 4 amide bonds. The fourth-order valence-electron chi connectivity index (χ4n) is 15.5. The van der Waals surface area contributed by atoms with Crippen LogP contribution in [0.1, 0.15) is 44.0 Å². The summed E-state index contributed by atoms with van der Waals surface area (Å²) < 4.78 is 50.0. The SMILES string of the molecule is C=CC(=O)Nc1cccc(C)c1Nc1ncc2cc(-c3c(Cl)c(OC)cc(OC)c3Cl)c(=O)n(C)c2n1.C=CC(=O)Nc1cccc(C)c1Nc1ncc2cc(-c3c(Cl)c(OC)cc(OC)c3Cl)ccc2n1.C=CC(=O)Nc1cccc(OC)c1Nc1ncc2cc(-c3c(Cl)c(OC)cc(OC)c3Cl)ccc2n1.C=CC(=O)Nc1ccccc1Nc1cc2nc(CC(=O)CC(C)(C)C)c(-c3cc(OC)cc(OC)c3)cc2cn1. The van der Waals surface area contributed by atoms with Gasteiger partial charge in [0, 0.05) is 119 Å². The van der Waals surface area contributed by atoms with Gasteiger partial charge in [-0.15, -0.1) is 0 Å². The van der Waals surface area contributed by atoms with Crippen molar-refractivity contribution in [3.05, 3.63) is 303 Å². The van der Waals surface area contributed by atoms with Gasteiger partial charge in [-0.3, -0.25) is 38.3 Å². The van der Waals surface area contributed by atoms with Crippen molar-refractivity contribution < 1.29 is 66.6 Å². The number of hydrogen-bond donors (Lipinski definition) is 8. The number of ether oxygens (including phenoxy) is 9. The number of anilines is 12. The van der Waals surface area contributed by atoms with Crippen LogP contribution in [0.25, 0.3) is 88.2 Å². The van der Waals surface area contributed by atoms with E-state index in [4.69, 9.17) is 117 Å². The first-order valence-corrected chi connectivity index (χ1v) is 47.3. The lowest BCUT2D eigenvalue weighted by Crippen LogP contribution is -2.20. The first-order valence-electron chi connectivity index (χ1n) is 45.1. The molecule has 0 aliphatic carbocycles. The van der Waals surface area contributed by atoms with Crippen molar-refractivity contribution in [2.45, 2.75) is 47.5 Å². The largest absolute Gasteiger partial charge is 0.497 e. The van der Waals surface area contributed by atoms with Gasteiger partial charge in [-0.1, -0.05) is 171 Å². The number of nitrogens with one attached hydrogen (secondary N) is 8. The zero-order valence-electron chi connectivity index (χ0n) is 82.9. The fraction of sp³-hybridized carbons (Fsp3) is 0.164. The summed E-state index contributed by atoms with van der Waals surface area (Å²) in [6, 6.07) is 50.7. The first kappa shape index (κ1) is 109. The van der Waals surface area contributed by atoms with Gasteiger partial charge in [-0.25, -0.2) is 29.9 Å². The number of benzene rings is 10. The molecule has 38 heteroatoms. The first-order chi connectivity index (χ1) is 71.0. The highest BCUT2D eigenvalue weighted by Crippen LogP contribution is 2.51. The quantitative estimate of drug-likeness (QED) is 0.0182. The molecule has 0 unspecified atom stereocenters. The number of aryl methyl sites for hydroxylation is 3. The van der Waals surface area contributed by atoms with Crippen LogP contribution in [0.4, 0.5) is 69.2 Å². The highest BCUT2D eigenvalue weighted by molar-refractivity contribution is 6.43. The molecule has 6 heterocycles. The Kier molecular flexibility index (Phi) is 35.9. The van der Waals surface area contributed by atoms with Crippen molar-refractivity contribution in [2.75, 3.05) is 107 Å². The Morgan fingerprint density at radius 3 is 1.18 bits per heavy atom. The van der Waals surface area contributed by atoms with E-state index < -0.39 is 0 Å². The molecular weight excluding hydrogens is 2010 g/mol. The lowest BCUT2D eigenvalue weighted by molar-refractivity contribution is -0.120. The van der Waals surface area contributed by atoms with Crippen LogP contribution >= 0.6 is 69.6 Å². The standard InChI is InChI=1S/C32H34N4O4.C26H23Cl2N5O4.C26H22Cl2N4O4.C26H22Cl2N4O3/c1-7-31(38)36-27-11-9-8-10-26(27)35-30-17-28-21(19-33-30)14-25(20-12-23(39-5)16-24(13-20)40-6)29(34-28)15-22(37)18-32(2,3)4;1-6-19(34)30-16-9-7-8-13(2)23(16)31-26-29-12-14-10-15(25(35)33(3)24(14)32-26)20-21(27)17(36-4)11-18(37-5)22(20)28;1-5-21(33)30-17-7-6-8-18(34-2)25(17)32-26-29-13-15-11-14(9-10-16(15)31-26)22-23(27)19(35-3)12-20(36-4)24(22)28;1-5-21(33)30-18-8-6-7-14(2)25(18)32-26-29-13-16-11-15(9-10-17(16)31-26)22-23(27)19(34-3)12-20(35-4)24(22)28/h7-14,16-17,19H,1,15,18H2,2-6H3,(H,33,35)(H,36,38);6-12H,1H2,2-5H3,(H,30,34)(H,29,31,32);5-13H,1H2,2-4H3,(H,30,33)(H,29,31,32);5-13H,1H2,2-4H3,(H,30,33)(H,29,31,32). The summed E-state index contributed by atoms with van der Waals surface area (Å²) in [4.78, 5) is 111. The summed E-state index contributed by atoms with van der Waals surface area (Å²) >= 11 is 39.4. The average molecular weight is 2110 g/mol. The number of Topliss-reactive ketones (excluding diaryl/α,β-unsaturated/α-hetero) is 1. The number of aromatic nitrogens is 9. The number of methoxy groups -OCH3 is 9. The van der Waals surface area contributed by atoms with Crippen molar-refractivity contribution in [1.82, 2.24) is 44.4 Å². The summed E-state index contributed by atoms with van der Waals surface area (Å²) in [5.74, 6) is 4.46. The Balaban J connectivity index is 0.000000165. The lowest BCUT2D eigenvalue weighted by atomic mass is 9.88. The molecule has 0 atom stereocenters. The van der Waals surface area contributed by atoms with E-state index in [1.165, 1.54) is 78.6 Å². The van der Waals surface area contributed by atoms with Gasteiger partial charge in [-0.05, 0) is 156 Å². The molecule has 148 heavy (non-hydrogen) atoms. The molecule has 10 aromatic carbocycles. The molecule has 0 fully saturated rings. The maximum absolute atomic E-state index is 13.4. The molecule has 6 aromatic heterocycles. The van der Waals surface area contributed by atoms with Gasteiger partial charge < -0.3 is 85.2 Å². The Hall–Kier alpha value is -16.6. The topological polar surface area (TPSA) is 390 Å². The summed E-state index contributed by atoms with van der Waals surface area (Å²) in [6.45, 7) is 23.9. The van der Waals surface area contributed by atoms with E-state index >= 15 is 0 Å². The van der Waals surface area contributed by atoms with Crippen molar-refractivity contribution in [1.29, 1.82) is 0 Å². The van der Waals surface area contributed by atoms with Gasteiger partial charge in [0.05, 0.1) is 162 Å². The zero-order valence-corrected chi connectivity index (χ0v) is 87.5. The molecule has 0 aliphatic heterocycles. The molecule has 758 valence electrons. The number of ketones is 1. The van der Waals surface area contributed by atoms with Gasteiger partial charge in [0.25, 0.3) is 5.56 Å². The predicted octanol–water partition coefficient (Wildman–Crippen LogP) is 25.5. The fourth-order valence-corrected chi connectivity index (χ4v) is 17.6. The number of nitrogens with zero attached hydrogens (tertiary/aromatic N) is 9. The van der Waals surface area contributed by atoms with Crippen molar-refractivity contribution in [2.24, 2.45) is 12.5 Å². The molecule has 0 saturated carbocycles. The van der Waals surface area contributed by atoms with Crippen LogP contribution in [-0.4, -0.2) is 138 Å². The third kappa shape index (κ3) is 25.5. The van der Waals surface area contributed by atoms with Crippen LogP contribution in [0.15, 0.2) is 250 Å². The Bertz CT molecular complexity index is 7860. The zero-order chi connectivity index (χ0) is 107. The summed E-state index contributed by atoms with van der Waals surface area (Å²) in [5.41, 5.74) is 13.9. The highest BCUT2D eigenvalue weighted by atomic mass is 35.5. The second-order valence-corrected chi connectivity index (χ2v) is 35.9. The van der Waals surface area contributed by atoms with Crippen LogP contribution < -0.4 is 90.7 Å². The molecule has 16 aromatic rings. The highest BCUT2D eigenvalue weighted by Gasteiger charge is 2.28. The molecular formula is C110H101Cl6N17O15. The van der Waals surface area contributed by atoms with E-state index in [0.29, 0.717) is 186 Å². The number of amides is 4. The number of carbonyl (C=O) groups excluding carboxylic acids is 5. The van der Waals surface area contributed by atoms with Crippen LogP contribution in [0.5, 0.6) is 51.7 Å². The molecule has 0 bridgehead atoms. The number of fused-ring (bicyclic) bond motifs is 4. The third-order valence-electron chi connectivity index (χ3n) is 22.7. The van der Waals surface area contributed by atoms with Crippen LogP contribution in [0.2, 0.25) is 30.1 Å². The number of hydrogen-bond acceptors (Lipinski definition) is 27. The third-order valence-corrected chi connectivity index (χ3v) is 24.9. The van der Waals surface area contributed by atoms with Gasteiger partial charge in [-0.2, -0.15) is 4.98 Å². The monoisotopic (exact) mass is 2110 g/mol. The van der Waals surface area contributed by atoms with Crippen LogP contribution in [-0.2, 0) is 37.4 Å². The number of rotatable bonds is 32. The van der Waals surface area contributed by atoms with E-state index in [2.05, 4.69) is 104 Å². The van der Waals surface area contributed by atoms with Gasteiger partial charge in [0.2, 0.25) is 41.5 Å². The minimum Gasteiger partial charge on any atom is -0.497 e.